The fourth-order valence-electron chi connectivity index (χ4n) is 1.36. The average molecular weight is 447 g/mol. The first-order chi connectivity index (χ1) is 12.6. The molecule has 10 nitrogen and oxygen atoms in total. The van der Waals surface area contributed by atoms with Crippen molar-refractivity contribution < 1.29 is 46.6 Å². The molecule has 0 aliphatic rings. The van der Waals surface area contributed by atoms with E-state index in [4.69, 9.17) is 14.3 Å². The number of hydrogen-bond donors (Lipinski definition) is 0. The van der Waals surface area contributed by atoms with Crippen LogP contribution >= 0.6 is 0 Å². The van der Waals surface area contributed by atoms with Crippen molar-refractivity contribution in [3.63, 3.8) is 0 Å². The van der Waals surface area contributed by atoms with Crippen molar-refractivity contribution in [3.05, 3.63) is 90.3 Å². The van der Waals surface area contributed by atoms with E-state index in [0.717, 1.165) is 12.5 Å². The van der Waals surface area contributed by atoms with Crippen molar-refractivity contribution in [1.29, 1.82) is 0 Å². The number of carbonyl (C=O) groups excluding carboxylic acids is 2. The van der Waals surface area contributed by atoms with Crippen molar-refractivity contribution in [3.8, 4) is 0 Å². The third-order valence-electron chi connectivity index (χ3n) is 2.39. The number of aliphatic carboxylic acids is 1. The average Bonchev–Trinajstić information content (AvgIpc) is 3.17. The molecule has 0 saturated carbocycles. The Bertz CT molecular complexity index is 756. The summed E-state index contributed by atoms with van der Waals surface area (Å²) in [5.74, 6) is -1.48. The minimum atomic E-state index is -1.08. The first-order valence-corrected chi connectivity index (χ1v) is 7.33. The maximum absolute atomic E-state index is 11.4. The summed E-state index contributed by atoms with van der Waals surface area (Å²) in [5.41, 5.74) is 4.74. The summed E-state index contributed by atoms with van der Waals surface area (Å²) in [6.07, 6.45) is 11.0. The molecule has 3 rings (SSSR count). The molecule has 0 unspecified atom stereocenters. The van der Waals surface area contributed by atoms with Crippen molar-refractivity contribution in [2.75, 3.05) is 0 Å². The Morgan fingerprint density at radius 3 is 2.00 bits per heavy atom. The summed E-state index contributed by atoms with van der Waals surface area (Å²) in [6.45, 7) is 0.972. The minimum absolute atomic E-state index is 0. The third kappa shape index (κ3) is 16.5. The molecule has 0 aliphatic carbocycles. The van der Waals surface area contributed by atoms with Crippen LogP contribution in [0, 0.1) is 0 Å². The van der Waals surface area contributed by atoms with Gasteiger partial charge in [-0.15, -0.1) is 0 Å². The number of carbonyl (C=O) groups is 2. The monoisotopic (exact) mass is 446 g/mol. The molecule has 158 valence electrons. The number of amides is 1. The number of nitrogens with zero attached hydrogens (tertiary/aromatic N) is 4. The molecule has 1 amide bonds. The molecule has 3 aromatic heterocycles. The quantitative estimate of drug-likeness (QED) is 0.318. The van der Waals surface area contributed by atoms with Crippen molar-refractivity contribution in [1.82, 2.24) is 9.97 Å². The van der Waals surface area contributed by atoms with Crippen LogP contribution < -0.4 is 5.11 Å². The maximum Gasteiger partial charge on any atom is 2.00 e. The molecule has 29 heavy (non-hydrogen) atoms. The molecule has 0 bridgehead atoms. The minimum Gasteiger partial charge on any atom is -0.550 e. The maximum atomic E-state index is 11.4. The van der Waals surface area contributed by atoms with E-state index >= 15 is 0 Å². The van der Waals surface area contributed by atoms with Gasteiger partial charge in [0.2, 0.25) is 0 Å². The molecule has 3 heterocycles. The zero-order valence-corrected chi connectivity index (χ0v) is 16.2. The number of furan rings is 1. The fourth-order valence-corrected chi connectivity index (χ4v) is 1.36. The Labute approximate surface area is 177 Å². The van der Waals surface area contributed by atoms with Gasteiger partial charge in [-0.1, -0.05) is 6.07 Å². The van der Waals surface area contributed by atoms with Crippen LogP contribution in [0.3, 0.4) is 0 Å². The van der Waals surface area contributed by atoms with Crippen LogP contribution in [0.15, 0.2) is 83.2 Å². The van der Waals surface area contributed by atoms with E-state index in [1.54, 1.807) is 30.6 Å². The van der Waals surface area contributed by atoms with Gasteiger partial charge in [0, 0.05) is 48.1 Å². The molecular weight excluding hydrogens is 427 g/mol. The Morgan fingerprint density at radius 1 is 1.03 bits per heavy atom. The van der Waals surface area contributed by atoms with Gasteiger partial charge in [-0.2, -0.15) is 0 Å². The number of aromatic nitrogens is 2. The molecule has 3 aromatic rings. The first kappa shape index (κ1) is 30.3. The van der Waals surface area contributed by atoms with Crippen molar-refractivity contribution in [2.45, 2.75) is 6.92 Å². The summed E-state index contributed by atoms with van der Waals surface area (Å²) in [4.78, 5) is 27.9. The standard InChI is InChI=1S/C11H9N3O2.C5H5N.C2H4O2.Ni.2H2O/c15-11(10-1-4-12-5-2-10)14-13-7-9-3-6-16-8-9;1-2-4-6-5-3-1;1-2(3)4;;;/h1-8H,(H,14,15);1-5H;1H3,(H,3,4);;2*1H2/q;;;+2;;/p-2/b13-7+;;;;;. The van der Waals surface area contributed by atoms with Gasteiger partial charge >= 0.3 is 16.5 Å². The van der Waals surface area contributed by atoms with Crippen LogP contribution in [-0.4, -0.2) is 39.0 Å². The number of rotatable bonds is 3. The Balaban J connectivity index is -0.000000439. The van der Waals surface area contributed by atoms with E-state index in [-0.39, 0.29) is 27.4 Å². The molecule has 11 heteroatoms. The summed E-state index contributed by atoms with van der Waals surface area (Å²) >= 11 is 0. The molecule has 0 radical (unpaired) electrons. The molecule has 0 atom stereocenters. The third-order valence-corrected chi connectivity index (χ3v) is 2.39. The zero-order chi connectivity index (χ0) is 19.0. The van der Waals surface area contributed by atoms with E-state index in [9.17, 15) is 4.79 Å². The number of carboxylic acid groups (broad SMARTS) is 1. The summed E-state index contributed by atoms with van der Waals surface area (Å²) in [5, 5.41) is 12.5. The molecule has 0 aliphatic heterocycles. The van der Waals surface area contributed by atoms with Crippen molar-refractivity contribution >= 4 is 18.1 Å². The molecular formula is C18H20N4NiO6. The largest absolute Gasteiger partial charge is 2.00 e. The summed E-state index contributed by atoms with van der Waals surface area (Å²) in [7, 11) is 0. The normalized spacial score (nSPS) is 8.31. The van der Waals surface area contributed by atoms with Gasteiger partial charge in [0.05, 0.1) is 18.4 Å². The number of pyridine rings is 2. The molecule has 0 spiro atoms. The van der Waals surface area contributed by atoms with Crippen LogP contribution in [0.5, 0.6) is 0 Å². The van der Waals surface area contributed by atoms with Gasteiger partial charge in [0.25, 0.3) is 0 Å². The van der Waals surface area contributed by atoms with E-state index in [0.29, 0.717) is 5.56 Å². The van der Waals surface area contributed by atoms with E-state index in [1.807, 2.05) is 18.2 Å². The van der Waals surface area contributed by atoms with E-state index in [2.05, 4.69) is 20.5 Å². The van der Waals surface area contributed by atoms with Crippen LogP contribution in [0.2, 0.25) is 0 Å². The Hall–Kier alpha value is -3.40. The van der Waals surface area contributed by atoms with Gasteiger partial charge < -0.3 is 40.6 Å². The first-order valence-electron chi connectivity index (χ1n) is 7.33. The second-order valence-corrected chi connectivity index (χ2v) is 4.46. The predicted molar refractivity (Wildman–Crippen MR) is 100 cm³/mol. The van der Waals surface area contributed by atoms with E-state index < -0.39 is 11.9 Å². The topological polar surface area (TPSA) is 186 Å². The number of carboxylic acids is 1. The molecule has 0 saturated heterocycles. The summed E-state index contributed by atoms with van der Waals surface area (Å²) in [6, 6.07) is 10.6. The van der Waals surface area contributed by atoms with Gasteiger partial charge in [-0.05, 0) is 37.3 Å². The molecule has 4 N–H and O–H groups in total. The predicted octanol–water partition coefficient (Wildman–Crippen LogP) is 0.409. The van der Waals surface area contributed by atoms with Gasteiger partial charge in [-0.25, -0.2) is 0 Å². The Kier molecular flexibility index (Phi) is 20.3. The van der Waals surface area contributed by atoms with Gasteiger partial charge in [0.1, 0.15) is 0 Å². The summed E-state index contributed by atoms with van der Waals surface area (Å²) < 4.78 is 4.83. The molecule has 0 aromatic carbocycles. The van der Waals surface area contributed by atoms with E-state index in [1.165, 1.54) is 31.1 Å². The zero-order valence-electron chi connectivity index (χ0n) is 15.2. The second-order valence-electron chi connectivity index (χ2n) is 4.46. The van der Waals surface area contributed by atoms with Crippen LogP contribution in [0.4, 0.5) is 0 Å². The van der Waals surface area contributed by atoms with Crippen LogP contribution in [0.25, 0.3) is 5.43 Å². The fraction of sp³-hybridized carbons (Fsp3) is 0.0556. The van der Waals surface area contributed by atoms with Gasteiger partial charge in [-0.3, -0.25) is 9.97 Å². The SMILES string of the molecule is CC(=O)[O-].O.O.O=C([N-]/N=C/c1ccoc1)c1ccncc1.[Ni+2].c1ccncc1. The number of hydrogen-bond acceptors (Lipinski definition) is 7. The molecule has 0 fully saturated rings. The van der Waals surface area contributed by atoms with Crippen LogP contribution in [-0.2, 0) is 21.3 Å². The Morgan fingerprint density at radius 2 is 1.59 bits per heavy atom. The van der Waals surface area contributed by atoms with Crippen LogP contribution in [0.1, 0.15) is 22.8 Å². The second kappa shape index (κ2) is 19.4. The van der Waals surface area contributed by atoms with Crippen molar-refractivity contribution in [2.24, 2.45) is 5.10 Å². The smallest absolute Gasteiger partial charge is 0.550 e. The van der Waals surface area contributed by atoms with Gasteiger partial charge in [0.15, 0.2) is 0 Å².